The van der Waals surface area contributed by atoms with Gasteiger partial charge in [0.2, 0.25) is 0 Å². The first-order valence-electron chi connectivity index (χ1n) is 7.33. The van der Waals surface area contributed by atoms with Gasteiger partial charge in [0.1, 0.15) is 23.0 Å². The summed E-state index contributed by atoms with van der Waals surface area (Å²) in [6.07, 6.45) is 0.633. The predicted octanol–water partition coefficient (Wildman–Crippen LogP) is 3.75. The van der Waals surface area contributed by atoms with Crippen LogP contribution in [-0.2, 0) is 12.2 Å². The Balaban J connectivity index is 2.48. The number of nitrogens with zero attached hydrogens (tertiary/aromatic N) is 4. The molecule has 0 unspecified atom stereocenters. The Bertz CT molecular complexity index is 770. The number of aromatic nitrogens is 1. The molecule has 0 fully saturated rings. The molecule has 0 aliphatic rings. The summed E-state index contributed by atoms with van der Waals surface area (Å²) in [7, 11) is 3.72. The van der Waals surface area contributed by atoms with E-state index in [-0.39, 0.29) is 0 Å². The molecule has 4 nitrogen and oxygen atoms in total. The summed E-state index contributed by atoms with van der Waals surface area (Å²) in [6.45, 7) is 1.96. The lowest BCUT2D eigenvalue weighted by atomic mass is 10.0. The summed E-state index contributed by atoms with van der Waals surface area (Å²) < 4.78 is 0. The molecule has 0 amide bonds. The van der Waals surface area contributed by atoms with Crippen molar-refractivity contribution in [1.29, 1.82) is 10.5 Å². The highest BCUT2D eigenvalue weighted by Crippen LogP contribution is 2.32. The first-order valence-corrected chi connectivity index (χ1v) is 8.32. The molecule has 116 valence electrons. The van der Waals surface area contributed by atoms with E-state index in [0.29, 0.717) is 28.4 Å². The SMILES string of the molecule is CCc1c(C#N)c(SCc2ccccc2)nc(N(C)C)c1C#N. The lowest BCUT2D eigenvalue weighted by Crippen LogP contribution is -2.15. The molecule has 0 bridgehead atoms. The van der Waals surface area contributed by atoms with Gasteiger partial charge in [0.15, 0.2) is 0 Å². The monoisotopic (exact) mass is 322 g/mol. The number of thioether (sulfide) groups is 1. The Hall–Kier alpha value is -2.50. The summed E-state index contributed by atoms with van der Waals surface area (Å²) in [5.74, 6) is 1.36. The minimum Gasteiger partial charge on any atom is -0.362 e. The Morgan fingerprint density at radius 1 is 1.09 bits per heavy atom. The van der Waals surface area contributed by atoms with E-state index in [1.807, 2.05) is 44.1 Å². The van der Waals surface area contributed by atoms with Gasteiger partial charge in [0.05, 0.1) is 11.1 Å². The van der Waals surface area contributed by atoms with Crippen LogP contribution < -0.4 is 4.90 Å². The minimum atomic E-state index is 0.498. The van der Waals surface area contributed by atoms with Gasteiger partial charge >= 0.3 is 0 Å². The number of anilines is 1. The number of rotatable bonds is 5. The smallest absolute Gasteiger partial charge is 0.147 e. The van der Waals surface area contributed by atoms with Crippen LogP contribution in [0.2, 0.25) is 0 Å². The third kappa shape index (κ3) is 3.64. The van der Waals surface area contributed by atoms with E-state index in [1.54, 1.807) is 0 Å². The van der Waals surface area contributed by atoms with E-state index in [4.69, 9.17) is 0 Å². The normalized spacial score (nSPS) is 9.96. The highest BCUT2D eigenvalue weighted by atomic mass is 32.2. The number of hydrogen-bond donors (Lipinski definition) is 0. The van der Waals surface area contributed by atoms with Gasteiger partial charge in [0, 0.05) is 19.8 Å². The fraction of sp³-hybridized carbons (Fsp3) is 0.278. The molecule has 2 aromatic rings. The second-order valence-corrected chi connectivity index (χ2v) is 6.18. The van der Waals surface area contributed by atoms with Gasteiger partial charge < -0.3 is 4.90 Å². The molecule has 0 spiro atoms. The van der Waals surface area contributed by atoms with Gasteiger partial charge in [-0.05, 0) is 17.5 Å². The predicted molar refractivity (Wildman–Crippen MR) is 93.4 cm³/mol. The molecule has 1 aromatic heterocycles. The molecular weight excluding hydrogens is 304 g/mol. The molecule has 0 aliphatic carbocycles. The van der Waals surface area contributed by atoms with E-state index in [9.17, 15) is 10.5 Å². The van der Waals surface area contributed by atoms with Gasteiger partial charge in [-0.2, -0.15) is 10.5 Å². The van der Waals surface area contributed by atoms with Crippen molar-refractivity contribution in [2.45, 2.75) is 24.1 Å². The van der Waals surface area contributed by atoms with Crippen LogP contribution >= 0.6 is 11.8 Å². The maximum atomic E-state index is 9.55. The molecule has 0 radical (unpaired) electrons. The van der Waals surface area contributed by atoms with Crippen LogP contribution in [-0.4, -0.2) is 19.1 Å². The van der Waals surface area contributed by atoms with Crippen molar-refractivity contribution in [2.24, 2.45) is 0 Å². The maximum Gasteiger partial charge on any atom is 0.147 e. The average molecular weight is 322 g/mol. The lowest BCUT2D eigenvalue weighted by molar-refractivity contribution is 0.964. The number of hydrogen-bond acceptors (Lipinski definition) is 5. The highest BCUT2D eigenvalue weighted by Gasteiger charge is 2.20. The van der Waals surface area contributed by atoms with Crippen molar-refractivity contribution in [3.05, 3.63) is 52.6 Å². The zero-order valence-corrected chi connectivity index (χ0v) is 14.3. The fourth-order valence-corrected chi connectivity index (χ4v) is 3.30. The summed E-state index contributed by atoms with van der Waals surface area (Å²) in [6, 6.07) is 14.5. The lowest BCUT2D eigenvalue weighted by Gasteiger charge is -2.18. The largest absolute Gasteiger partial charge is 0.362 e. The number of pyridine rings is 1. The topological polar surface area (TPSA) is 63.7 Å². The van der Waals surface area contributed by atoms with E-state index in [2.05, 4.69) is 29.3 Å². The molecule has 0 saturated carbocycles. The maximum absolute atomic E-state index is 9.55. The van der Waals surface area contributed by atoms with Crippen LogP contribution in [0.4, 0.5) is 5.82 Å². The number of nitriles is 2. The van der Waals surface area contributed by atoms with Crippen molar-refractivity contribution in [3.63, 3.8) is 0 Å². The van der Waals surface area contributed by atoms with Gasteiger partial charge in [0.25, 0.3) is 0 Å². The van der Waals surface area contributed by atoms with Crippen LogP contribution in [0.25, 0.3) is 0 Å². The van der Waals surface area contributed by atoms with E-state index in [1.165, 1.54) is 17.3 Å². The molecule has 0 atom stereocenters. The first-order chi connectivity index (χ1) is 11.1. The molecule has 0 N–H and O–H groups in total. The van der Waals surface area contributed by atoms with Crippen molar-refractivity contribution in [1.82, 2.24) is 4.98 Å². The Morgan fingerprint density at radius 2 is 1.74 bits per heavy atom. The van der Waals surface area contributed by atoms with E-state index >= 15 is 0 Å². The molecule has 0 aliphatic heterocycles. The first kappa shape index (κ1) is 16.9. The molecule has 23 heavy (non-hydrogen) atoms. The van der Waals surface area contributed by atoms with E-state index in [0.717, 1.165) is 11.3 Å². The van der Waals surface area contributed by atoms with Crippen LogP contribution in [0.1, 0.15) is 29.2 Å². The van der Waals surface area contributed by atoms with Crippen LogP contribution in [0.15, 0.2) is 35.4 Å². The fourth-order valence-electron chi connectivity index (χ4n) is 2.34. The summed E-state index contributed by atoms with van der Waals surface area (Å²) in [4.78, 5) is 6.41. The van der Waals surface area contributed by atoms with Crippen molar-refractivity contribution in [2.75, 3.05) is 19.0 Å². The molecule has 1 heterocycles. The summed E-state index contributed by atoms with van der Waals surface area (Å²) in [5.41, 5.74) is 2.98. The summed E-state index contributed by atoms with van der Waals surface area (Å²) in [5, 5.41) is 19.7. The van der Waals surface area contributed by atoms with Crippen LogP contribution in [0.5, 0.6) is 0 Å². The Morgan fingerprint density at radius 3 is 2.26 bits per heavy atom. The standard InChI is InChI=1S/C18H18N4S/c1-4-14-15(10-19)17(22(2)3)21-18(16(14)11-20)23-12-13-8-6-5-7-9-13/h5-9H,4,12H2,1-3H3. The van der Waals surface area contributed by atoms with E-state index < -0.39 is 0 Å². The molecular formula is C18H18N4S. The molecule has 5 heteroatoms. The quantitative estimate of drug-likeness (QED) is 0.785. The Kier molecular flexibility index (Phi) is 5.62. The zero-order chi connectivity index (χ0) is 16.8. The zero-order valence-electron chi connectivity index (χ0n) is 13.5. The third-order valence-electron chi connectivity index (χ3n) is 3.47. The Labute approximate surface area is 141 Å². The van der Waals surface area contributed by atoms with Gasteiger partial charge in [-0.1, -0.05) is 37.3 Å². The summed E-state index contributed by atoms with van der Waals surface area (Å²) >= 11 is 1.54. The second kappa shape index (κ2) is 7.67. The van der Waals surface area contributed by atoms with Crippen molar-refractivity contribution < 1.29 is 0 Å². The van der Waals surface area contributed by atoms with Gasteiger partial charge in [-0.3, -0.25) is 0 Å². The average Bonchev–Trinajstić information content (AvgIpc) is 2.58. The van der Waals surface area contributed by atoms with Gasteiger partial charge in [-0.25, -0.2) is 4.98 Å². The molecule has 2 rings (SSSR count). The van der Waals surface area contributed by atoms with Crippen molar-refractivity contribution in [3.8, 4) is 12.1 Å². The second-order valence-electron chi connectivity index (χ2n) is 5.21. The highest BCUT2D eigenvalue weighted by molar-refractivity contribution is 7.98. The molecule has 0 saturated heterocycles. The van der Waals surface area contributed by atoms with Gasteiger partial charge in [-0.15, -0.1) is 11.8 Å². The van der Waals surface area contributed by atoms with Crippen molar-refractivity contribution >= 4 is 17.6 Å². The molecule has 1 aromatic carbocycles. The van der Waals surface area contributed by atoms with Crippen LogP contribution in [0, 0.1) is 22.7 Å². The number of benzene rings is 1. The minimum absolute atomic E-state index is 0.498. The van der Waals surface area contributed by atoms with Crippen LogP contribution in [0.3, 0.4) is 0 Å². The third-order valence-corrected chi connectivity index (χ3v) is 4.51.